The maximum atomic E-state index is 7.45. The van der Waals surface area contributed by atoms with Gasteiger partial charge in [0.05, 0.1) is 0 Å². The van der Waals surface area contributed by atoms with E-state index in [-0.39, 0.29) is 4.87 Å². The Hall–Kier alpha value is 0.290. The second-order valence-corrected chi connectivity index (χ2v) is 18.3. The van der Waals surface area contributed by atoms with E-state index in [0.29, 0.717) is 0 Å². The molecule has 0 fully saturated rings. The Kier molecular flexibility index (Phi) is 44.9. The Bertz CT molecular complexity index is 558. The summed E-state index contributed by atoms with van der Waals surface area (Å²) >= 11 is 7.45. The van der Waals surface area contributed by atoms with E-state index in [1.807, 2.05) is 0 Å². The summed E-state index contributed by atoms with van der Waals surface area (Å²) in [5, 5.41) is 0. The summed E-state index contributed by atoms with van der Waals surface area (Å²) in [5.41, 5.74) is 0. The lowest BCUT2D eigenvalue weighted by molar-refractivity contribution is 0.394. The van der Waals surface area contributed by atoms with E-state index in [1.54, 1.807) is 0 Å². The summed E-state index contributed by atoms with van der Waals surface area (Å²) in [4.78, 5) is 0.0908. The fraction of sp³-hybridized carbons (Fsp3) is 1.00. The van der Waals surface area contributed by atoms with E-state index in [2.05, 4.69) is 20.8 Å². The molecule has 0 radical (unpaired) electrons. The molecule has 1 heteroatoms. The van der Waals surface area contributed by atoms with Crippen LogP contribution in [0, 0.1) is 0 Å². The van der Waals surface area contributed by atoms with Crippen LogP contribution in [0.3, 0.4) is 0 Å². The molecule has 0 heterocycles. The van der Waals surface area contributed by atoms with Crippen molar-refractivity contribution in [3.05, 3.63) is 0 Å². The molecule has 308 valence electrons. The van der Waals surface area contributed by atoms with E-state index in [1.165, 1.54) is 295 Å². The highest BCUT2D eigenvalue weighted by molar-refractivity contribution is 6.23. The van der Waals surface area contributed by atoms with Crippen molar-refractivity contribution in [2.24, 2.45) is 0 Å². The molecule has 0 aromatic carbocycles. The standard InChI is InChI=1S/C50H101Cl/c1-4-7-10-13-16-18-20-22-24-26-28-30-32-34-36-39-42-45-48-50(51,47-44-41-38-15-12-9-6-3)49-46-43-40-37-35-33-31-29-27-25-23-21-19-17-14-11-8-5-2/h4-49H2,1-3H3. The van der Waals surface area contributed by atoms with Crippen molar-refractivity contribution in [1.82, 2.24) is 0 Å². The van der Waals surface area contributed by atoms with Crippen LogP contribution in [0.15, 0.2) is 0 Å². The van der Waals surface area contributed by atoms with Crippen LogP contribution < -0.4 is 0 Å². The van der Waals surface area contributed by atoms with Gasteiger partial charge in [0, 0.05) is 4.87 Å². The van der Waals surface area contributed by atoms with Crippen LogP contribution in [-0.2, 0) is 0 Å². The monoisotopic (exact) mass is 737 g/mol. The molecule has 0 bridgehead atoms. The Balaban J connectivity index is 3.87. The summed E-state index contributed by atoms with van der Waals surface area (Å²) in [6, 6.07) is 0. The molecular weight excluding hydrogens is 636 g/mol. The van der Waals surface area contributed by atoms with Crippen LogP contribution in [0.25, 0.3) is 0 Å². The average molecular weight is 738 g/mol. The van der Waals surface area contributed by atoms with Crippen molar-refractivity contribution in [2.75, 3.05) is 0 Å². The molecule has 0 nitrogen and oxygen atoms in total. The zero-order valence-electron chi connectivity index (χ0n) is 36.4. The number of unbranched alkanes of at least 4 members (excludes halogenated alkanes) is 40. The molecule has 0 amide bonds. The molecule has 0 saturated heterocycles. The van der Waals surface area contributed by atoms with Crippen LogP contribution in [0.5, 0.6) is 0 Å². The molecule has 0 saturated carbocycles. The Labute approximate surface area is 331 Å². The fourth-order valence-corrected chi connectivity index (χ4v) is 8.86. The van der Waals surface area contributed by atoms with Gasteiger partial charge in [-0.3, -0.25) is 0 Å². The van der Waals surface area contributed by atoms with Crippen LogP contribution in [-0.4, -0.2) is 4.87 Å². The van der Waals surface area contributed by atoms with Gasteiger partial charge in [0.1, 0.15) is 0 Å². The number of alkyl halides is 1. The molecule has 0 aliphatic rings. The number of halogens is 1. The first-order valence-corrected chi connectivity index (χ1v) is 25.2. The summed E-state index contributed by atoms with van der Waals surface area (Å²) in [6.45, 7) is 6.95. The van der Waals surface area contributed by atoms with Gasteiger partial charge in [-0.05, 0) is 19.3 Å². The lowest BCUT2D eigenvalue weighted by atomic mass is 9.88. The van der Waals surface area contributed by atoms with Crippen molar-refractivity contribution >= 4 is 11.6 Å². The third kappa shape index (κ3) is 42.9. The smallest absolute Gasteiger partial charge is 0.0446 e. The van der Waals surface area contributed by atoms with Gasteiger partial charge in [0.2, 0.25) is 0 Å². The highest BCUT2D eigenvalue weighted by Crippen LogP contribution is 2.35. The van der Waals surface area contributed by atoms with E-state index in [0.717, 1.165) is 0 Å². The summed E-state index contributed by atoms with van der Waals surface area (Å²) in [7, 11) is 0. The highest BCUT2D eigenvalue weighted by atomic mass is 35.5. The lowest BCUT2D eigenvalue weighted by Crippen LogP contribution is -2.21. The first kappa shape index (κ1) is 51.3. The average Bonchev–Trinajstić information content (AvgIpc) is 3.13. The number of hydrogen-bond acceptors (Lipinski definition) is 0. The quantitative estimate of drug-likeness (QED) is 0.0431. The number of rotatable bonds is 46. The van der Waals surface area contributed by atoms with Gasteiger partial charge >= 0.3 is 0 Å². The zero-order valence-corrected chi connectivity index (χ0v) is 37.2. The summed E-state index contributed by atoms with van der Waals surface area (Å²) < 4.78 is 0. The van der Waals surface area contributed by atoms with Gasteiger partial charge < -0.3 is 0 Å². The summed E-state index contributed by atoms with van der Waals surface area (Å²) in [5.74, 6) is 0. The fourth-order valence-electron chi connectivity index (χ4n) is 8.46. The largest absolute Gasteiger partial charge is 0.119 e. The molecule has 0 aliphatic heterocycles. The van der Waals surface area contributed by atoms with Crippen molar-refractivity contribution < 1.29 is 0 Å². The third-order valence-corrected chi connectivity index (χ3v) is 12.8. The molecule has 0 aromatic heterocycles. The molecular formula is C50H101Cl. The maximum Gasteiger partial charge on any atom is 0.0446 e. The van der Waals surface area contributed by atoms with Gasteiger partial charge in [0.15, 0.2) is 0 Å². The molecule has 0 N–H and O–H groups in total. The van der Waals surface area contributed by atoms with E-state index >= 15 is 0 Å². The van der Waals surface area contributed by atoms with Gasteiger partial charge in [-0.15, -0.1) is 11.6 Å². The zero-order chi connectivity index (χ0) is 37.0. The maximum absolute atomic E-state index is 7.45. The predicted molar refractivity (Wildman–Crippen MR) is 238 cm³/mol. The van der Waals surface area contributed by atoms with Crippen molar-refractivity contribution in [3.8, 4) is 0 Å². The van der Waals surface area contributed by atoms with Gasteiger partial charge in [0.25, 0.3) is 0 Å². The second-order valence-electron chi connectivity index (χ2n) is 17.5. The molecule has 51 heavy (non-hydrogen) atoms. The topological polar surface area (TPSA) is 0 Å². The van der Waals surface area contributed by atoms with Crippen molar-refractivity contribution in [2.45, 2.75) is 321 Å². The minimum Gasteiger partial charge on any atom is -0.119 e. The van der Waals surface area contributed by atoms with Gasteiger partial charge in [-0.2, -0.15) is 0 Å². The van der Waals surface area contributed by atoms with Gasteiger partial charge in [-0.1, -0.05) is 297 Å². The molecule has 0 rings (SSSR count). The van der Waals surface area contributed by atoms with E-state index in [9.17, 15) is 0 Å². The lowest BCUT2D eigenvalue weighted by Gasteiger charge is -2.27. The Morgan fingerprint density at radius 3 is 0.451 bits per heavy atom. The molecule has 0 aliphatic carbocycles. The third-order valence-electron chi connectivity index (χ3n) is 12.2. The molecule has 0 atom stereocenters. The van der Waals surface area contributed by atoms with Crippen LogP contribution >= 0.6 is 11.6 Å². The van der Waals surface area contributed by atoms with Crippen molar-refractivity contribution in [1.29, 1.82) is 0 Å². The SMILES string of the molecule is CCCCCCCCCCCCCCCCCCCCC(Cl)(CCCCCCCCC)CCCCCCCCCCCCCCCCCCCC. The first-order valence-electron chi connectivity index (χ1n) is 24.9. The minimum absolute atomic E-state index is 0.0908. The van der Waals surface area contributed by atoms with Crippen LogP contribution in [0.2, 0.25) is 0 Å². The summed E-state index contributed by atoms with van der Waals surface area (Å²) in [6.07, 6.45) is 65.9. The second kappa shape index (κ2) is 44.7. The van der Waals surface area contributed by atoms with Crippen LogP contribution in [0.4, 0.5) is 0 Å². The predicted octanol–water partition coefficient (Wildman–Crippen LogP) is 20.0. The van der Waals surface area contributed by atoms with Crippen LogP contribution in [0.1, 0.15) is 316 Å². The highest BCUT2D eigenvalue weighted by Gasteiger charge is 2.25. The molecule has 0 aromatic rings. The molecule has 0 spiro atoms. The number of hydrogen-bond donors (Lipinski definition) is 0. The Morgan fingerprint density at radius 2 is 0.314 bits per heavy atom. The normalized spacial score (nSPS) is 12.0. The Morgan fingerprint density at radius 1 is 0.196 bits per heavy atom. The molecule has 0 unspecified atom stereocenters. The van der Waals surface area contributed by atoms with E-state index < -0.39 is 0 Å². The van der Waals surface area contributed by atoms with Crippen molar-refractivity contribution in [3.63, 3.8) is 0 Å². The first-order chi connectivity index (χ1) is 25.2. The van der Waals surface area contributed by atoms with E-state index in [4.69, 9.17) is 11.6 Å². The van der Waals surface area contributed by atoms with Gasteiger partial charge in [-0.25, -0.2) is 0 Å². The minimum atomic E-state index is 0.0908.